The van der Waals surface area contributed by atoms with Gasteiger partial charge in [-0.2, -0.15) is 13.2 Å². The number of carbonyl (C=O) groups is 2. The molecule has 1 aliphatic carbocycles. The van der Waals surface area contributed by atoms with Gasteiger partial charge in [0.2, 0.25) is 0 Å². The summed E-state index contributed by atoms with van der Waals surface area (Å²) in [6, 6.07) is 6.20. The third kappa shape index (κ3) is 3.09. The largest absolute Gasteiger partial charge is 0.481 e. The fraction of sp³-hybridized carbons (Fsp3) is 0.385. The molecule has 4 nitrogen and oxygen atoms in total. The van der Waals surface area contributed by atoms with E-state index in [9.17, 15) is 22.8 Å². The van der Waals surface area contributed by atoms with Gasteiger partial charge in [0.05, 0.1) is 12.0 Å². The van der Waals surface area contributed by atoms with Gasteiger partial charge in [-0.25, -0.2) is 0 Å². The van der Waals surface area contributed by atoms with Crippen LogP contribution in [0.3, 0.4) is 0 Å². The number of halogens is 3. The quantitative estimate of drug-likeness (QED) is 0.890. The van der Waals surface area contributed by atoms with E-state index in [2.05, 4.69) is 0 Å². The maximum absolute atomic E-state index is 12.3. The van der Waals surface area contributed by atoms with Crippen LogP contribution in [0, 0.1) is 0 Å². The third-order valence-corrected chi connectivity index (χ3v) is 3.22. The van der Waals surface area contributed by atoms with E-state index in [0.29, 0.717) is 24.0 Å². The van der Waals surface area contributed by atoms with E-state index in [4.69, 9.17) is 5.11 Å². The van der Waals surface area contributed by atoms with Gasteiger partial charge in [0.1, 0.15) is 0 Å². The number of alkyl halides is 3. The molecule has 0 radical (unpaired) electrons. The SMILES string of the molecule is O=C(O)Cc1ccc(C2(NC(=O)C(F)(F)F)CC2)cc1. The molecule has 1 amide bonds. The summed E-state index contributed by atoms with van der Waals surface area (Å²) < 4.78 is 36.8. The lowest BCUT2D eigenvalue weighted by Gasteiger charge is -2.19. The number of aliphatic carboxylic acids is 1. The van der Waals surface area contributed by atoms with Crippen molar-refractivity contribution in [2.45, 2.75) is 31.0 Å². The first-order valence-electron chi connectivity index (χ1n) is 5.93. The zero-order chi connectivity index (χ0) is 15.0. The lowest BCUT2D eigenvalue weighted by molar-refractivity contribution is -0.174. The van der Waals surface area contributed by atoms with E-state index in [0.717, 1.165) is 0 Å². The van der Waals surface area contributed by atoms with Gasteiger partial charge in [0, 0.05) is 0 Å². The number of carboxylic acid groups (broad SMARTS) is 1. The molecule has 0 spiro atoms. The summed E-state index contributed by atoms with van der Waals surface area (Å²) in [5.74, 6) is -2.94. The molecule has 108 valence electrons. The molecule has 2 N–H and O–H groups in total. The Morgan fingerprint density at radius 2 is 1.75 bits per heavy atom. The van der Waals surface area contributed by atoms with Crippen molar-refractivity contribution in [3.05, 3.63) is 35.4 Å². The van der Waals surface area contributed by atoms with Crippen molar-refractivity contribution in [1.29, 1.82) is 0 Å². The van der Waals surface area contributed by atoms with Gasteiger partial charge in [-0.05, 0) is 24.0 Å². The third-order valence-electron chi connectivity index (χ3n) is 3.22. The van der Waals surface area contributed by atoms with E-state index < -0.39 is 23.6 Å². The molecule has 20 heavy (non-hydrogen) atoms. The van der Waals surface area contributed by atoms with Crippen molar-refractivity contribution < 1.29 is 27.9 Å². The molecule has 2 rings (SSSR count). The van der Waals surface area contributed by atoms with E-state index in [1.807, 2.05) is 5.32 Å². The van der Waals surface area contributed by atoms with Crippen molar-refractivity contribution in [2.24, 2.45) is 0 Å². The molecule has 0 aliphatic heterocycles. The van der Waals surface area contributed by atoms with Crippen LogP contribution in [0.1, 0.15) is 24.0 Å². The number of benzene rings is 1. The Balaban J connectivity index is 2.11. The normalized spacial score (nSPS) is 16.6. The van der Waals surface area contributed by atoms with E-state index in [1.54, 1.807) is 24.3 Å². The average molecular weight is 287 g/mol. The molecule has 0 aromatic heterocycles. The molecule has 1 aromatic rings. The zero-order valence-corrected chi connectivity index (χ0v) is 10.3. The number of hydrogen-bond donors (Lipinski definition) is 2. The van der Waals surface area contributed by atoms with Crippen molar-refractivity contribution in [2.75, 3.05) is 0 Å². The molecular formula is C13H12F3NO3. The zero-order valence-electron chi connectivity index (χ0n) is 10.3. The summed E-state index contributed by atoms with van der Waals surface area (Å²) in [6.45, 7) is 0. The Morgan fingerprint density at radius 3 is 2.15 bits per heavy atom. The van der Waals surface area contributed by atoms with E-state index in [1.165, 1.54) is 0 Å². The van der Waals surface area contributed by atoms with Gasteiger partial charge in [-0.3, -0.25) is 9.59 Å². The van der Waals surface area contributed by atoms with Crippen LogP contribution in [0.5, 0.6) is 0 Å². The second-order valence-corrected chi connectivity index (χ2v) is 4.80. The van der Waals surface area contributed by atoms with Gasteiger partial charge in [-0.15, -0.1) is 0 Å². The molecule has 0 saturated heterocycles. The molecule has 0 atom stereocenters. The van der Waals surface area contributed by atoms with Crippen molar-refractivity contribution >= 4 is 11.9 Å². The fourth-order valence-electron chi connectivity index (χ4n) is 2.02. The minimum atomic E-state index is -4.90. The van der Waals surface area contributed by atoms with Gasteiger partial charge >= 0.3 is 18.1 Å². The molecule has 1 saturated carbocycles. The fourth-order valence-corrected chi connectivity index (χ4v) is 2.02. The molecule has 1 aliphatic rings. The minimum absolute atomic E-state index is 0.151. The number of carboxylic acids is 1. The van der Waals surface area contributed by atoms with Crippen LogP contribution in [-0.4, -0.2) is 23.2 Å². The predicted molar refractivity (Wildman–Crippen MR) is 62.9 cm³/mol. The van der Waals surface area contributed by atoms with Gasteiger partial charge < -0.3 is 10.4 Å². The first-order valence-corrected chi connectivity index (χ1v) is 5.93. The van der Waals surface area contributed by atoms with Crippen LogP contribution in [0.2, 0.25) is 0 Å². The van der Waals surface area contributed by atoms with Gasteiger partial charge in [-0.1, -0.05) is 24.3 Å². The second kappa shape index (κ2) is 4.81. The van der Waals surface area contributed by atoms with Crippen LogP contribution >= 0.6 is 0 Å². The highest BCUT2D eigenvalue weighted by Gasteiger charge is 2.50. The van der Waals surface area contributed by atoms with E-state index >= 15 is 0 Å². The minimum Gasteiger partial charge on any atom is -0.481 e. The van der Waals surface area contributed by atoms with Crippen molar-refractivity contribution in [1.82, 2.24) is 5.32 Å². The maximum atomic E-state index is 12.3. The van der Waals surface area contributed by atoms with Crippen LogP contribution in [0.25, 0.3) is 0 Å². The lowest BCUT2D eigenvalue weighted by Crippen LogP contribution is -2.43. The van der Waals surface area contributed by atoms with Crippen molar-refractivity contribution in [3.63, 3.8) is 0 Å². The highest BCUT2D eigenvalue weighted by atomic mass is 19.4. The molecule has 0 unspecified atom stereocenters. The molecule has 0 heterocycles. The van der Waals surface area contributed by atoms with Crippen LogP contribution in [0.4, 0.5) is 13.2 Å². The topological polar surface area (TPSA) is 66.4 Å². The van der Waals surface area contributed by atoms with Gasteiger partial charge in [0.25, 0.3) is 0 Å². The van der Waals surface area contributed by atoms with Crippen LogP contribution in [-0.2, 0) is 21.5 Å². The average Bonchev–Trinajstić information content (AvgIpc) is 3.09. The van der Waals surface area contributed by atoms with Crippen LogP contribution < -0.4 is 5.32 Å². The molecule has 1 aromatic carbocycles. The summed E-state index contributed by atoms with van der Waals surface area (Å²) >= 11 is 0. The highest BCUT2D eigenvalue weighted by Crippen LogP contribution is 2.46. The molecule has 0 bridgehead atoms. The summed E-state index contributed by atoms with van der Waals surface area (Å²) in [4.78, 5) is 21.5. The number of rotatable bonds is 4. The number of carbonyl (C=O) groups excluding carboxylic acids is 1. The smallest absolute Gasteiger partial charge is 0.471 e. The molecule has 1 fully saturated rings. The first-order chi connectivity index (χ1) is 9.23. The number of hydrogen-bond acceptors (Lipinski definition) is 2. The monoisotopic (exact) mass is 287 g/mol. The second-order valence-electron chi connectivity index (χ2n) is 4.80. The Bertz CT molecular complexity index is 533. The summed E-state index contributed by atoms with van der Waals surface area (Å²) in [5.41, 5.74) is 0.150. The predicted octanol–water partition coefficient (Wildman–Crippen LogP) is 1.98. The highest BCUT2D eigenvalue weighted by molar-refractivity contribution is 5.83. The Labute approximate surface area is 112 Å². The Morgan fingerprint density at radius 1 is 1.20 bits per heavy atom. The maximum Gasteiger partial charge on any atom is 0.471 e. The van der Waals surface area contributed by atoms with E-state index in [-0.39, 0.29) is 6.42 Å². The lowest BCUT2D eigenvalue weighted by atomic mass is 10.0. The summed E-state index contributed by atoms with van der Waals surface area (Å²) in [5, 5.41) is 10.6. The number of nitrogens with one attached hydrogen (secondary N) is 1. The van der Waals surface area contributed by atoms with Crippen LogP contribution in [0.15, 0.2) is 24.3 Å². The molecular weight excluding hydrogens is 275 g/mol. The van der Waals surface area contributed by atoms with Gasteiger partial charge in [0.15, 0.2) is 0 Å². The molecule has 7 heteroatoms. The summed E-state index contributed by atoms with van der Waals surface area (Å²) in [6.07, 6.45) is -4.18. The Hall–Kier alpha value is -2.05. The number of amides is 1. The first kappa shape index (κ1) is 14.4. The standard InChI is InChI=1S/C13H12F3NO3/c14-13(15,16)11(20)17-12(5-6-12)9-3-1-8(2-4-9)7-10(18)19/h1-4H,5-7H2,(H,17,20)(H,18,19). The summed E-state index contributed by atoms with van der Waals surface area (Å²) in [7, 11) is 0. The Kier molecular flexibility index (Phi) is 3.45. The van der Waals surface area contributed by atoms with Crippen molar-refractivity contribution in [3.8, 4) is 0 Å².